The summed E-state index contributed by atoms with van der Waals surface area (Å²) in [6.07, 6.45) is 0. The fraction of sp³-hybridized carbons (Fsp3) is 0.194. The van der Waals surface area contributed by atoms with Crippen molar-refractivity contribution in [2.24, 2.45) is 0 Å². The molecule has 1 saturated heterocycles. The van der Waals surface area contributed by atoms with Crippen LogP contribution >= 0.6 is 11.6 Å². The number of anilines is 1. The summed E-state index contributed by atoms with van der Waals surface area (Å²) in [4.78, 5) is 23.0. The Morgan fingerprint density at radius 2 is 1.32 bits per heavy atom. The maximum Gasteiger partial charge on any atom is 0.272 e. The summed E-state index contributed by atoms with van der Waals surface area (Å²) in [6.45, 7) is 2.65. The van der Waals surface area contributed by atoms with Crippen molar-refractivity contribution in [3.05, 3.63) is 95.6 Å². The van der Waals surface area contributed by atoms with Crippen LogP contribution in [-0.2, 0) is 0 Å². The summed E-state index contributed by atoms with van der Waals surface area (Å²) < 4.78 is 12.2. The molecule has 0 saturated carbocycles. The third-order valence-electron chi connectivity index (χ3n) is 7.18. The van der Waals surface area contributed by atoms with Gasteiger partial charge in [-0.05, 0) is 66.7 Å². The van der Waals surface area contributed by atoms with Crippen LogP contribution < -0.4 is 14.4 Å². The maximum absolute atomic E-state index is 14.0. The number of nitrogens with zero attached hydrogens (tertiary/aromatic N) is 5. The molecule has 0 aliphatic carbocycles. The fourth-order valence-electron chi connectivity index (χ4n) is 4.92. The molecule has 1 aliphatic rings. The van der Waals surface area contributed by atoms with Gasteiger partial charge in [0, 0.05) is 54.1 Å². The van der Waals surface area contributed by atoms with Gasteiger partial charge in [0.15, 0.2) is 5.65 Å². The van der Waals surface area contributed by atoms with Gasteiger partial charge < -0.3 is 19.3 Å². The van der Waals surface area contributed by atoms with Crippen LogP contribution in [0.15, 0.2) is 84.9 Å². The molecule has 1 fully saturated rings. The molecule has 0 spiro atoms. The minimum absolute atomic E-state index is 0.0812. The number of amides is 1. The largest absolute Gasteiger partial charge is 0.497 e. The molecule has 40 heavy (non-hydrogen) atoms. The topological polar surface area (TPSA) is 72.2 Å². The number of carbonyl (C=O) groups is 1. The molecule has 0 unspecified atom stereocenters. The van der Waals surface area contributed by atoms with Crippen LogP contribution in [0.3, 0.4) is 0 Å². The lowest BCUT2D eigenvalue weighted by Crippen LogP contribution is -2.49. The van der Waals surface area contributed by atoms with Crippen molar-refractivity contribution in [2.75, 3.05) is 45.3 Å². The van der Waals surface area contributed by atoms with E-state index in [1.54, 1.807) is 18.7 Å². The van der Waals surface area contributed by atoms with Crippen molar-refractivity contribution in [1.29, 1.82) is 0 Å². The first-order valence-corrected chi connectivity index (χ1v) is 13.4. The Kier molecular flexibility index (Phi) is 7.00. The number of benzene rings is 3. The first kappa shape index (κ1) is 25.7. The Balaban J connectivity index is 1.33. The first-order chi connectivity index (χ1) is 19.5. The summed E-state index contributed by atoms with van der Waals surface area (Å²) >= 11 is 6.10. The van der Waals surface area contributed by atoms with E-state index in [-0.39, 0.29) is 5.91 Å². The Morgan fingerprint density at radius 1 is 0.750 bits per heavy atom. The Hall–Kier alpha value is -4.56. The van der Waals surface area contributed by atoms with Gasteiger partial charge in [-0.1, -0.05) is 23.7 Å². The molecule has 3 aromatic carbocycles. The molecule has 5 aromatic rings. The number of methoxy groups -OCH3 is 2. The van der Waals surface area contributed by atoms with Crippen LogP contribution in [0.1, 0.15) is 10.5 Å². The number of hydrogen-bond donors (Lipinski definition) is 0. The lowest BCUT2D eigenvalue weighted by atomic mass is 10.1. The van der Waals surface area contributed by atoms with Gasteiger partial charge in [0.05, 0.1) is 25.6 Å². The summed E-state index contributed by atoms with van der Waals surface area (Å²) in [7, 11) is 3.29. The Morgan fingerprint density at radius 3 is 1.95 bits per heavy atom. The number of fused-ring (bicyclic) bond motifs is 1. The molecule has 0 atom stereocenters. The third kappa shape index (κ3) is 5.05. The molecular weight excluding hydrogens is 526 g/mol. The second-order valence-corrected chi connectivity index (χ2v) is 9.98. The number of piperazine rings is 1. The number of aromatic nitrogens is 3. The van der Waals surface area contributed by atoms with E-state index >= 15 is 0 Å². The standard InChI is InChI=1S/C31H28ClN5O3/c1-39-25-11-5-21(6-12-25)27-19-29(37-30(33-27)20-28(34-37)22-3-7-23(32)8-4-22)31(38)36-17-15-35(16-18-36)24-9-13-26(40-2)14-10-24/h3-14,19-20H,15-18H2,1-2H3. The van der Waals surface area contributed by atoms with Gasteiger partial charge in [-0.3, -0.25) is 4.79 Å². The van der Waals surface area contributed by atoms with Crippen LogP contribution in [-0.4, -0.2) is 65.8 Å². The highest BCUT2D eigenvalue weighted by Crippen LogP contribution is 2.27. The second kappa shape index (κ2) is 10.9. The smallest absolute Gasteiger partial charge is 0.272 e. The average Bonchev–Trinajstić information content (AvgIpc) is 3.45. The molecule has 0 radical (unpaired) electrons. The number of ether oxygens (including phenoxy) is 2. The van der Waals surface area contributed by atoms with E-state index < -0.39 is 0 Å². The SMILES string of the molecule is COc1ccc(-c2cc(C(=O)N3CCN(c4ccc(OC)cc4)CC3)n3nc(-c4ccc(Cl)cc4)cc3n2)cc1. The number of hydrogen-bond acceptors (Lipinski definition) is 6. The lowest BCUT2D eigenvalue weighted by molar-refractivity contribution is 0.0738. The fourth-order valence-corrected chi connectivity index (χ4v) is 5.05. The highest BCUT2D eigenvalue weighted by molar-refractivity contribution is 6.30. The van der Waals surface area contributed by atoms with Crippen LogP contribution in [0.4, 0.5) is 5.69 Å². The third-order valence-corrected chi connectivity index (χ3v) is 7.43. The highest BCUT2D eigenvalue weighted by Gasteiger charge is 2.26. The molecule has 202 valence electrons. The molecule has 6 rings (SSSR count). The summed E-state index contributed by atoms with van der Waals surface area (Å²) in [5, 5.41) is 5.44. The maximum atomic E-state index is 14.0. The van der Waals surface area contributed by atoms with Crippen molar-refractivity contribution in [2.45, 2.75) is 0 Å². The van der Waals surface area contributed by atoms with Crippen molar-refractivity contribution in [3.8, 4) is 34.0 Å². The van der Waals surface area contributed by atoms with Gasteiger partial charge >= 0.3 is 0 Å². The highest BCUT2D eigenvalue weighted by atomic mass is 35.5. The predicted octanol–water partition coefficient (Wildman–Crippen LogP) is 5.70. The normalized spacial score (nSPS) is 13.5. The van der Waals surface area contributed by atoms with Gasteiger partial charge in [-0.15, -0.1) is 0 Å². The summed E-state index contributed by atoms with van der Waals surface area (Å²) in [5.41, 5.74) is 5.36. The minimum atomic E-state index is -0.0812. The van der Waals surface area contributed by atoms with Crippen molar-refractivity contribution < 1.29 is 14.3 Å². The van der Waals surface area contributed by atoms with E-state index in [9.17, 15) is 4.79 Å². The van der Waals surface area contributed by atoms with Crippen LogP contribution in [0, 0.1) is 0 Å². The number of halogens is 1. The van der Waals surface area contributed by atoms with Crippen molar-refractivity contribution >= 4 is 28.8 Å². The molecule has 3 heterocycles. The summed E-state index contributed by atoms with van der Waals surface area (Å²) in [6, 6.07) is 26.9. The van der Waals surface area contributed by atoms with Gasteiger partial charge in [-0.2, -0.15) is 5.10 Å². The zero-order valence-corrected chi connectivity index (χ0v) is 23.0. The predicted molar refractivity (Wildman–Crippen MR) is 157 cm³/mol. The van der Waals surface area contributed by atoms with Gasteiger partial charge in [0.2, 0.25) is 0 Å². The number of carbonyl (C=O) groups excluding carboxylic acids is 1. The van der Waals surface area contributed by atoms with Crippen LogP contribution in [0.25, 0.3) is 28.2 Å². The summed E-state index contributed by atoms with van der Waals surface area (Å²) in [5.74, 6) is 1.50. The number of rotatable bonds is 6. The van der Waals surface area contributed by atoms with E-state index in [0.29, 0.717) is 35.1 Å². The second-order valence-electron chi connectivity index (χ2n) is 9.54. The Bertz CT molecular complexity index is 1640. The average molecular weight is 554 g/mol. The van der Waals surface area contributed by atoms with E-state index in [1.807, 2.05) is 89.8 Å². The molecular formula is C31H28ClN5O3. The first-order valence-electron chi connectivity index (χ1n) is 13.0. The molecule has 1 aliphatic heterocycles. The van der Waals surface area contributed by atoms with Crippen molar-refractivity contribution in [3.63, 3.8) is 0 Å². The van der Waals surface area contributed by atoms with Gasteiger partial charge in [0.1, 0.15) is 17.2 Å². The monoisotopic (exact) mass is 553 g/mol. The van der Waals surface area contributed by atoms with E-state index in [4.69, 9.17) is 31.2 Å². The van der Waals surface area contributed by atoms with E-state index in [2.05, 4.69) is 4.90 Å². The van der Waals surface area contributed by atoms with E-state index in [0.717, 1.165) is 47.1 Å². The van der Waals surface area contributed by atoms with Crippen LogP contribution in [0.5, 0.6) is 11.5 Å². The minimum Gasteiger partial charge on any atom is -0.497 e. The molecule has 1 amide bonds. The zero-order valence-electron chi connectivity index (χ0n) is 22.3. The zero-order chi connectivity index (χ0) is 27.6. The molecule has 2 aromatic heterocycles. The van der Waals surface area contributed by atoms with E-state index in [1.165, 1.54) is 0 Å². The van der Waals surface area contributed by atoms with Crippen molar-refractivity contribution in [1.82, 2.24) is 19.5 Å². The molecule has 0 bridgehead atoms. The quantitative estimate of drug-likeness (QED) is 0.269. The van der Waals surface area contributed by atoms with Gasteiger partial charge in [-0.25, -0.2) is 9.50 Å². The Labute approximate surface area is 237 Å². The van der Waals surface area contributed by atoms with Crippen LogP contribution in [0.2, 0.25) is 5.02 Å². The van der Waals surface area contributed by atoms with Gasteiger partial charge in [0.25, 0.3) is 5.91 Å². The molecule has 8 nitrogen and oxygen atoms in total. The molecule has 0 N–H and O–H groups in total. The molecule has 9 heteroatoms. The lowest BCUT2D eigenvalue weighted by Gasteiger charge is -2.36.